The Morgan fingerprint density at radius 1 is 1.44 bits per heavy atom. The molecule has 0 aliphatic rings. The molecule has 1 rings (SSSR count). The molecule has 1 aromatic rings. The van der Waals surface area contributed by atoms with Crippen molar-refractivity contribution in [3.05, 3.63) is 28.6 Å². The average molecular weight is 222 g/mol. The molecule has 0 saturated heterocycles. The summed E-state index contributed by atoms with van der Waals surface area (Å²) >= 11 is 0. The second-order valence-corrected chi connectivity index (χ2v) is 2.98. The molecule has 0 aromatic carbocycles. The van der Waals surface area contributed by atoms with Gasteiger partial charge in [-0.05, 0) is 17.2 Å². The molecule has 0 aliphatic carbocycles. The molecule has 0 amide bonds. The number of halogens is 2. The highest BCUT2D eigenvalue weighted by Crippen LogP contribution is 2.24. The van der Waals surface area contributed by atoms with Gasteiger partial charge in [0, 0.05) is 6.54 Å². The van der Waals surface area contributed by atoms with Crippen LogP contribution in [0.1, 0.15) is 28.9 Å². The maximum atomic E-state index is 12.7. The highest BCUT2D eigenvalue weighted by Gasteiger charge is 2.19. The first-order chi connectivity index (χ1) is 7.63. The summed E-state index contributed by atoms with van der Waals surface area (Å²) in [6.45, 7) is -0.00602. The Bertz CT molecular complexity index is 471. The van der Waals surface area contributed by atoms with Crippen LogP contribution >= 0.6 is 0 Å². The fourth-order valence-corrected chi connectivity index (χ4v) is 1.35. The van der Waals surface area contributed by atoms with Gasteiger partial charge in [-0.1, -0.05) is 0 Å². The lowest BCUT2D eigenvalue weighted by molar-refractivity contribution is 0.145. The van der Waals surface area contributed by atoms with Crippen LogP contribution in [0, 0.1) is 22.7 Å². The molecule has 0 saturated carbocycles. The molecule has 0 radical (unpaired) electrons. The van der Waals surface area contributed by atoms with Gasteiger partial charge in [0.2, 0.25) is 0 Å². The smallest absolute Gasteiger partial charge is 0.280 e. The highest BCUT2D eigenvalue weighted by atomic mass is 19.3. The molecule has 0 atom stereocenters. The number of nitrogens with two attached hydrogens (primary N) is 1. The molecule has 0 bridgehead atoms. The fraction of sp³-hybridized carbons (Fsp3) is 0.300. The second kappa shape index (κ2) is 5.15. The van der Waals surface area contributed by atoms with Crippen LogP contribution in [0.4, 0.5) is 8.78 Å². The summed E-state index contributed by atoms with van der Waals surface area (Å²) in [4.78, 5) is 3.50. The third-order valence-electron chi connectivity index (χ3n) is 2.05. The SMILES string of the molecule is N#CCc1c(CN)cc(C#N)nc1C(F)F. The van der Waals surface area contributed by atoms with Gasteiger partial charge in [0.1, 0.15) is 17.5 Å². The zero-order chi connectivity index (χ0) is 12.1. The molecule has 0 aliphatic heterocycles. The molecule has 0 unspecified atom stereocenters. The summed E-state index contributed by atoms with van der Waals surface area (Å²) in [5, 5.41) is 17.2. The first-order valence-electron chi connectivity index (χ1n) is 4.42. The molecule has 16 heavy (non-hydrogen) atoms. The first kappa shape index (κ1) is 12.0. The van der Waals surface area contributed by atoms with Gasteiger partial charge in [-0.25, -0.2) is 13.8 Å². The van der Waals surface area contributed by atoms with E-state index < -0.39 is 12.1 Å². The van der Waals surface area contributed by atoms with E-state index in [4.69, 9.17) is 16.3 Å². The predicted octanol–water partition coefficient (Wildman–Crippen LogP) is 1.42. The number of hydrogen-bond acceptors (Lipinski definition) is 4. The van der Waals surface area contributed by atoms with Crippen LogP contribution in [0.15, 0.2) is 6.07 Å². The molecule has 6 heteroatoms. The van der Waals surface area contributed by atoms with Crippen LogP contribution in [-0.4, -0.2) is 4.98 Å². The molecule has 82 valence electrons. The third-order valence-corrected chi connectivity index (χ3v) is 2.05. The molecular weight excluding hydrogens is 214 g/mol. The Labute approximate surface area is 90.9 Å². The van der Waals surface area contributed by atoms with Crippen molar-refractivity contribution in [3.63, 3.8) is 0 Å². The van der Waals surface area contributed by atoms with Crippen molar-refractivity contribution < 1.29 is 8.78 Å². The van der Waals surface area contributed by atoms with E-state index in [0.717, 1.165) is 0 Å². The Hall–Kier alpha value is -2.05. The summed E-state index contributed by atoms with van der Waals surface area (Å²) in [5.41, 5.74) is 5.23. The standard InChI is InChI=1S/C10H8F2N4/c11-10(12)9-8(1-2-13)6(4-14)3-7(5-15)16-9/h3,10H,1,4,14H2. The van der Waals surface area contributed by atoms with Crippen molar-refractivity contribution in [2.24, 2.45) is 5.73 Å². The number of pyridine rings is 1. The van der Waals surface area contributed by atoms with Gasteiger partial charge in [-0.2, -0.15) is 10.5 Å². The molecule has 1 aromatic heterocycles. The zero-order valence-corrected chi connectivity index (χ0v) is 8.24. The maximum Gasteiger partial charge on any atom is 0.280 e. The summed E-state index contributed by atoms with van der Waals surface area (Å²) < 4.78 is 25.3. The molecule has 1 heterocycles. The number of alkyl halides is 2. The van der Waals surface area contributed by atoms with Crippen molar-refractivity contribution in [1.29, 1.82) is 10.5 Å². The minimum Gasteiger partial charge on any atom is -0.326 e. The number of hydrogen-bond donors (Lipinski definition) is 1. The lowest BCUT2D eigenvalue weighted by atomic mass is 10.0. The van der Waals surface area contributed by atoms with Gasteiger partial charge in [-0.3, -0.25) is 0 Å². The lowest BCUT2D eigenvalue weighted by Gasteiger charge is -2.10. The Kier molecular flexibility index (Phi) is 3.87. The lowest BCUT2D eigenvalue weighted by Crippen LogP contribution is -2.09. The number of nitriles is 2. The molecular formula is C10H8F2N4. The minimum absolute atomic E-state index is 0.00602. The zero-order valence-electron chi connectivity index (χ0n) is 8.24. The van der Waals surface area contributed by atoms with Crippen LogP contribution in [0.5, 0.6) is 0 Å². The largest absolute Gasteiger partial charge is 0.326 e. The van der Waals surface area contributed by atoms with Gasteiger partial charge in [0.15, 0.2) is 0 Å². The topological polar surface area (TPSA) is 86.5 Å². The normalized spacial score (nSPS) is 9.88. The van der Waals surface area contributed by atoms with E-state index in [1.165, 1.54) is 6.07 Å². The average Bonchev–Trinajstić information content (AvgIpc) is 2.29. The first-order valence-corrected chi connectivity index (χ1v) is 4.42. The van der Waals surface area contributed by atoms with E-state index in [2.05, 4.69) is 4.98 Å². The van der Waals surface area contributed by atoms with E-state index >= 15 is 0 Å². The van der Waals surface area contributed by atoms with Crippen molar-refractivity contribution in [2.75, 3.05) is 0 Å². The number of rotatable bonds is 3. The Balaban J connectivity index is 3.43. The van der Waals surface area contributed by atoms with Gasteiger partial charge in [0.25, 0.3) is 6.43 Å². The Morgan fingerprint density at radius 2 is 2.12 bits per heavy atom. The van der Waals surface area contributed by atoms with Crippen LogP contribution in [0.2, 0.25) is 0 Å². The van der Waals surface area contributed by atoms with E-state index in [1.807, 2.05) is 0 Å². The number of nitrogens with zero attached hydrogens (tertiary/aromatic N) is 3. The van der Waals surface area contributed by atoms with Crippen LogP contribution in [0.3, 0.4) is 0 Å². The van der Waals surface area contributed by atoms with E-state index in [1.54, 1.807) is 12.1 Å². The van der Waals surface area contributed by atoms with Crippen molar-refractivity contribution in [1.82, 2.24) is 4.98 Å². The van der Waals surface area contributed by atoms with Gasteiger partial charge in [-0.15, -0.1) is 0 Å². The molecule has 4 nitrogen and oxygen atoms in total. The second-order valence-electron chi connectivity index (χ2n) is 2.98. The molecule has 0 fully saturated rings. The minimum atomic E-state index is -2.82. The predicted molar refractivity (Wildman–Crippen MR) is 51.1 cm³/mol. The van der Waals surface area contributed by atoms with Crippen molar-refractivity contribution >= 4 is 0 Å². The van der Waals surface area contributed by atoms with Gasteiger partial charge in [0.05, 0.1) is 12.5 Å². The van der Waals surface area contributed by atoms with Crippen LogP contribution in [0.25, 0.3) is 0 Å². The fourth-order valence-electron chi connectivity index (χ4n) is 1.35. The van der Waals surface area contributed by atoms with E-state index in [-0.39, 0.29) is 24.2 Å². The van der Waals surface area contributed by atoms with Crippen LogP contribution in [-0.2, 0) is 13.0 Å². The maximum absolute atomic E-state index is 12.7. The summed E-state index contributed by atoms with van der Waals surface area (Å²) in [6, 6.07) is 4.79. The molecule has 0 spiro atoms. The van der Waals surface area contributed by atoms with Crippen LogP contribution < -0.4 is 5.73 Å². The molecule has 2 N–H and O–H groups in total. The summed E-state index contributed by atoms with van der Waals surface area (Å²) in [6.07, 6.45) is -3.01. The quantitative estimate of drug-likeness (QED) is 0.837. The number of aromatic nitrogens is 1. The van der Waals surface area contributed by atoms with Crippen molar-refractivity contribution in [3.8, 4) is 12.1 Å². The highest BCUT2D eigenvalue weighted by molar-refractivity contribution is 5.39. The van der Waals surface area contributed by atoms with E-state index in [9.17, 15) is 8.78 Å². The Morgan fingerprint density at radius 3 is 2.56 bits per heavy atom. The van der Waals surface area contributed by atoms with Gasteiger partial charge >= 0.3 is 0 Å². The summed E-state index contributed by atoms with van der Waals surface area (Å²) in [5.74, 6) is 0. The van der Waals surface area contributed by atoms with Gasteiger partial charge < -0.3 is 5.73 Å². The monoisotopic (exact) mass is 222 g/mol. The third kappa shape index (κ3) is 2.30. The van der Waals surface area contributed by atoms with Crippen molar-refractivity contribution in [2.45, 2.75) is 19.4 Å². The van der Waals surface area contributed by atoms with E-state index in [0.29, 0.717) is 5.56 Å². The summed E-state index contributed by atoms with van der Waals surface area (Å²) in [7, 11) is 0.